The SMILES string of the molecule is CCNC(=NCCCn1ccc2ccccc21)NC1CCN(C(=O)C2CCCC2)C1. The molecule has 30 heavy (non-hydrogen) atoms. The van der Waals surface area contributed by atoms with Gasteiger partial charge >= 0.3 is 0 Å². The maximum atomic E-state index is 12.7. The molecule has 2 aromatic rings. The van der Waals surface area contributed by atoms with Crippen LogP contribution in [0, 0.1) is 5.92 Å². The molecule has 1 atom stereocenters. The van der Waals surface area contributed by atoms with Crippen LogP contribution >= 0.6 is 0 Å². The normalized spacial score (nSPS) is 20.2. The molecule has 1 unspecified atom stereocenters. The summed E-state index contributed by atoms with van der Waals surface area (Å²) in [5, 5.41) is 8.20. The van der Waals surface area contributed by atoms with Crippen molar-refractivity contribution in [2.24, 2.45) is 10.9 Å². The molecule has 1 aliphatic heterocycles. The maximum Gasteiger partial charge on any atom is 0.225 e. The molecule has 1 aromatic heterocycles. The van der Waals surface area contributed by atoms with Crippen molar-refractivity contribution < 1.29 is 4.79 Å². The fourth-order valence-electron chi connectivity index (χ4n) is 4.79. The summed E-state index contributed by atoms with van der Waals surface area (Å²) >= 11 is 0. The number of nitrogens with zero attached hydrogens (tertiary/aromatic N) is 3. The van der Waals surface area contributed by atoms with Gasteiger partial charge < -0.3 is 20.1 Å². The number of hydrogen-bond donors (Lipinski definition) is 2. The first-order valence-corrected chi connectivity index (χ1v) is 11.6. The van der Waals surface area contributed by atoms with Gasteiger partial charge in [0.05, 0.1) is 0 Å². The summed E-state index contributed by atoms with van der Waals surface area (Å²) in [5.74, 6) is 1.52. The van der Waals surface area contributed by atoms with Crippen molar-refractivity contribution in [1.82, 2.24) is 20.1 Å². The molecular formula is C24H35N5O. The van der Waals surface area contributed by atoms with Crippen LogP contribution in [-0.4, -0.2) is 53.6 Å². The third-order valence-electron chi connectivity index (χ3n) is 6.40. The number of aryl methyl sites for hydroxylation is 1. The Bertz CT molecular complexity index is 867. The minimum absolute atomic E-state index is 0.274. The Morgan fingerprint density at radius 2 is 2.00 bits per heavy atom. The number of carbonyl (C=O) groups is 1. The topological polar surface area (TPSA) is 61.7 Å². The van der Waals surface area contributed by atoms with Crippen molar-refractivity contribution in [2.45, 2.75) is 58.0 Å². The molecule has 0 bridgehead atoms. The smallest absolute Gasteiger partial charge is 0.225 e. The van der Waals surface area contributed by atoms with E-state index in [0.29, 0.717) is 11.9 Å². The van der Waals surface area contributed by atoms with E-state index in [1.807, 2.05) is 0 Å². The number of hydrogen-bond acceptors (Lipinski definition) is 2. The highest BCUT2D eigenvalue weighted by Gasteiger charge is 2.32. The quantitative estimate of drug-likeness (QED) is 0.419. The Kier molecular flexibility index (Phi) is 6.92. The Balaban J connectivity index is 1.26. The van der Waals surface area contributed by atoms with Crippen LogP contribution in [0.25, 0.3) is 10.9 Å². The fraction of sp³-hybridized carbons (Fsp3) is 0.583. The second kappa shape index (κ2) is 10.0. The van der Waals surface area contributed by atoms with E-state index < -0.39 is 0 Å². The molecular weight excluding hydrogens is 374 g/mol. The predicted octanol–water partition coefficient (Wildman–Crippen LogP) is 3.38. The van der Waals surface area contributed by atoms with Gasteiger partial charge in [0.15, 0.2) is 5.96 Å². The average Bonchev–Trinajstić information content (AvgIpc) is 3.52. The zero-order chi connectivity index (χ0) is 20.8. The first-order valence-electron chi connectivity index (χ1n) is 11.6. The predicted molar refractivity (Wildman–Crippen MR) is 123 cm³/mol. The van der Waals surface area contributed by atoms with E-state index in [4.69, 9.17) is 4.99 Å². The number of benzene rings is 1. The number of nitrogens with one attached hydrogen (secondary N) is 2. The summed E-state index contributed by atoms with van der Waals surface area (Å²) in [7, 11) is 0. The molecule has 4 rings (SSSR count). The lowest BCUT2D eigenvalue weighted by Crippen LogP contribution is -2.45. The number of fused-ring (bicyclic) bond motifs is 1. The van der Waals surface area contributed by atoms with Gasteiger partial charge in [-0.15, -0.1) is 0 Å². The van der Waals surface area contributed by atoms with Gasteiger partial charge in [-0.25, -0.2) is 0 Å². The molecule has 162 valence electrons. The molecule has 2 aliphatic rings. The van der Waals surface area contributed by atoms with E-state index in [1.165, 1.54) is 23.7 Å². The Labute approximate surface area is 179 Å². The van der Waals surface area contributed by atoms with E-state index in [1.54, 1.807) is 0 Å². The van der Waals surface area contributed by atoms with Crippen molar-refractivity contribution >= 4 is 22.8 Å². The lowest BCUT2D eigenvalue weighted by Gasteiger charge is -2.21. The van der Waals surface area contributed by atoms with Crippen LogP contribution in [0.4, 0.5) is 0 Å². The van der Waals surface area contributed by atoms with Crippen molar-refractivity contribution in [2.75, 3.05) is 26.2 Å². The first-order chi connectivity index (χ1) is 14.7. The second-order valence-corrected chi connectivity index (χ2v) is 8.58. The van der Waals surface area contributed by atoms with E-state index in [-0.39, 0.29) is 5.92 Å². The maximum absolute atomic E-state index is 12.7. The molecule has 1 aromatic carbocycles. The van der Waals surface area contributed by atoms with Gasteiger partial charge in [-0.3, -0.25) is 9.79 Å². The van der Waals surface area contributed by atoms with Crippen LogP contribution in [0.1, 0.15) is 45.4 Å². The third kappa shape index (κ3) is 4.97. The molecule has 2 heterocycles. The van der Waals surface area contributed by atoms with Gasteiger partial charge in [0.2, 0.25) is 5.91 Å². The Morgan fingerprint density at radius 3 is 2.83 bits per heavy atom. The van der Waals surface area contributed by atoms with E-state index in [2.05, 4.69) is 63.6 Å². The van der Waals surface area contributed by atoms with Gasteiger partial charge in [-0.2, -0.15) is 0 Å². The number of guanidine groups is 1. The molecule has 0 radical (unpaired) electrons. The van der Waals surface area contributed by atoms with Gasteiger partial charge in [-0.05, 0) is 50.1 Å². The lowest BCUT2D eigenvalue weighted by atomic mass is 10.1. The van der Waals surface area contributed by atoms with Gasteiger partial charge in [0.25, 0.3) is 0 Å². The molecule has 2 N–H and O–H groups in total. The van der Waals surface area contributed by atoms with Gasteiger partial charge in [0, 0.05) is 56.4 Å². The number of para-hydroxylation sites is 1. The highest BCUT2D eigenvalue weighted by molar-refractivity contribution is 5.81. The summed E-state index contributed by atoms with van der Waals surface area (Å²) in [6.45, 7) is 6.34. The Hall–Kier alpha value is -2.50. The zero-order valence-electron chi connectivity index (χ0n) is 18.1. The summed E-state index contributed by atoms with van der Waals surface area (Å²) < 4.78 is 2.30. The number of likely N-dealkylation sites (tertiary alicyclic amines) is 1. The van der Waals surface area contributed by atoms with Gasteiger partial charge in [0.1, 0.15) is 0 Å². The van der Waals surface area contributed by atoms with Crippen molar-refractivity contribution in [3.8, 4) is 0 Å². The molecule has 0 spiro atoms. The molecule has 6 nitrogen and oxygen atoms in total. The number of carbonyl (C=O) groups excluding carboxylic acids is 1. The summed E-state index contributed by atoms with van der Waals surface area (Å²) in [6, 6.07) is 11.0. The minimum atomic E-state index is 0.274. The molecule has 1 amide bonds. The Morgan fingerprint density at radius 1 is 1.17 bits per heavy atom. The van der Waals surface area contributed by atoms with E-state index in [9.17, 15) is 4.79 Å². The average molecular weight is 410 g/mol. The van der Waals surface area contributed by atoms with Crippen molar-refractivity contribution in [3.63, 3.8) is 0 Å². The van der Waals surface area contributed by atoms with Crippen molar-refractivity contribution in [3.05, 3.63) is 36.5 Å². The number of aromatic nitrogens is 1. The molecule has 1 aliphatic carbocycles. The van der Waals surface area contributed by atoms with Crippen LogP contribution in [-0.2, 0) is 11.3 Å². The summed E-state index contributed by atoms with van der Waals surface area (Å²) in [4.78, 5) is 19.5. The van der Waals surface area contributed by atoms with Crippen LogP contribution in [0.5, 0.6) is 0 Å². The fourth-order valence-corrected chi connectivity index (χ4v) is 4.79. The van der Waals surface area contributed by atoms with Crippen LogP contribution < -0.4 is 10.6 Å². The molecule has 6 heteroatoms. The number of amides is 1. The van der Waals surface area contributed by atoms with E-state index >= 15 is 0 Å². The zero-order valence-corrected chi connectivity index (χ0v) is 18.1. The highest BCUT2D eigenvalue weighted by Crippen LogP contribution is 2.27. The lowest BCUT2D eigenvalue weighted by molar-refractivity contribution is -0.134. The van der Waals surface area contributed by atoms with Crippen LogP contribution in [0.3, 0.4) is 0 Å². The molecule has 1 saturated carbocycles. The minimum Gasteiger partial charge on any atom is -0.357 e. The summed E-state index contributed by atoms with van der Waals surface area (Å²) in [5.41, 5.74) is 1.28. The summed E-state index contributed by atoms with van der Waals surface area (Å²) in [6.07, 6.45) is 8.73. The monoisotopic (exact) mass is 409 g/mol. The third-order valence-corrected chi connectivity index (χ3v) is 6.40. The highest BCUT2D eigenvalue weighted by atomic mass is 16.2. The molecule has 2 fully saturated rings. The number of aliphatic imine (C=N–C) groups is 1. The van der Waals surface area contributed by atoms with Crippen LogP contribution in [0.15, 0.2) is 41.5 Å². The standard InChI is InChI=1S/C24H35N5O/c1-2-25-24(26-14-7-15-28-16-12-19-8-5-6-11-22(19)28)27-21-13-17-29(18-21)23(30)20-9-3-4-10-20/h5-6,8,11-12,16,20-21H,2-4,7,9-10,13-15,17-18H2,1H3,(H2,25,26,27). The van der Waals surface area contributed by atoms with Crippen molar-refractivity contribution in [1.29, 1.82) is 0 Å². The largest absolute Gasteiger partial charge is 0.357 e. The van der Waals surface area contributed by atoms with Crippen LogP contribution in [0.2, 0.25) is 0 Å². The number of rotatable bonds is 7. The second-order valence-electron chi connectivity index (χ2n) is 8.58. The van der Waals surface area contributed by atoms with Gasteiger partial charge in [-0.1, -0.05) is 31.0 Å². The molecule has 1 saturated heterocycles. The first kappa shape index (κ1) is 20.8. The van der Waals surface area contributed by atoms with E-state index in [0.717, 1.165) is 64.4 Å².